The molecule has 2 amide bonds. The van der Waals surface area contributed by atoms with Crippen LogP contribution in [0.2, 0.25) is 0 Å². The lowest BCUT2D eigenvalue weighted by atomic mass is 10.2. The highest BCUT2D eigenvalue weighted by molar-refractivity contribution is 5.82. The first-order valence-corrected chi connectivity index (χ1v) is 5.03. The Balaban J connectivity index is 2.37. The summed E-state index contributed by atoms with van der Waals surface area (Å²) >= 11 is 0. The summed E-state index contributed by atoms with van der Waals surface area (Å²) < 4.78 is 0. The van der Waals surface area contributed by atoms with Gasteiger partial charge in [0.15, 0.2) is 0 Å². The number of hydrogen-bond acceptors (Lipinski definition) is 5. The molecule has 7 heteroatoms. The second-order valence-corrected chi connectivity index (χ2v) is 3.55. The molecule has 1 aliphatic heterocycles. The van der Waals surface area contributed by atoms with Gasteiger partial charge in [0.1, 0.15) is 6.04 Å². The van der Waals surface area contributed by atoms with Crippen molar-refractivity contribution in [1.82, 2.24) is 21.1 Å². The summed E-state index contributed by atoms with van der Waals surface area (Å²) in [5, 5.41) is 11.9. The van der Waals surface area contributed by atoms with Crippen LogP contribution in [0.25, 0.3) is 0 Å². The van der Waals surface area contributed by atoms with Gasteiger partial charge in [-0.3, -0.25) is 25.3 Å². The van der Waals surface area contributed by atoms with Crippen LogP contribution >= 0.6 is 0 Å². The van der Waals surface area contributed by atoms with Crippen molar-refractivity contribution in [3.63, 3.8) is 0 Å². The highest BCUT2D eigenvalue weighted by atomic mass is 16.2. The lowest BCUT2D eigenvalue weighted by molar-refractivity contribution is -0.128. The summed E-state index contributed by atoms with van der Waals surface area (Å²) in [5.74, 6) is -0.650. The van der Waals surface area contributed by atoms with Gasteiger partial charge in [-0.25, -0.2) is 0 Å². The Kier molecular flexibility index (Phi) is 4.69. The van der Waals surface area contributed by atoms with E-state index >= 15 is 0 Å². The molecule has 1 aliphatic rings. The van der Waals surface area contributed by atoms with E-state index in [4.69, 9.17) is 5.26 Å². The number of rotatable bonds is 2. The molecule has 3 N–H and O–H groups in total. The zero-order chi connectivity index (χ0) is 12.0. The van der Waals surface area contributed by atoms with Crippen molar-refractivity contribution >= 4 is 11.8 Å². The van der Waals surface area contributed by atoms with Crippen molar-refractivity contribution < 1.29 is 9.59 Å². The molecule has 0 bridgehead atoms. The topological polar surface area (TPSA) is 97.3 Å². The Hall–Kier alpha value is -1.65. The Morgan fingerprint density at radius 2 is 2.31 bits per heavy atom. The second-order valence-electron chi connectivity index (χ2n) is 3.55. The summed E-state index contributed by atoms with van der Waals surface area (Å²) in [6, 6.07) is 1.83. The number of amides is 2. The van der Waals surface area contributed by atoms with Crippen molar-refractivity contribution in [3.05, 3.63) is 0 Å². The summed E-state index contributed by atoms with van der Waals surface area (Å²) in [4.78, 5) is 23.7. The predicted octanol–water partition coefficient (Wildman–Crippen LogP) is -2.05. The van der Waals surface area contributed by atoms with Gasteiger partial charge in [-0.2, -0.15) is 5.26 Å². The molecular weight excluding hydrogens is 210 g/mol. The zero-order valence-electron chi connectivity index (χ0n) is 9.12. The minimum Gasteiger partial charge on any atom is -0.313 e. The van der Waals surface area contributed by atoms with Crippen molar-refractivity contribution in [2.75, 3.05) is 26.2 Å². The van der Waals surface area contributed by atoms with E-state index in [1.54, 1.807) is 4.90 Å². The van der Waals surface area contributed by atoms with E-state index < -0.39 is 0 Å². The van der Waals surface area contributed by atoms with Gasteiger partial charge in [0.2, 0.25) is 5.91 Å². The van der Waals surface area contributed by atoms with Crippen molar-refractivity contribution in [2.24, 2.45) is 0 Å². The number of nitriles is 1. The van der Waals surface area contributed by atoms with Crippen LogP contribution in [0.4, 0.5) is 0 Å². The molecule has 0 aromatic carbocycles. The normalized spacial score (nSPS) is 20.9. The molecule has 0 spiro atoms. The molecule has 0 radical (unpaired) electrons. The highest BCUT2D eigenvalue weighted by Crippen LogP contribution is 2.00. The third-order valence-electron chi connectivity index (χ3n) is 2.23. The molecule has 1 atom stereocenters. The van der Waals surface area contributed by atoms with Gasteiger partial charge in [-0.15, -0.1) is 0 Å². The van der Waals surface area contributed by atoms with E-state index in [-0.39, 0.29) is 24.4 Å². The maximum atomic E-state index is 11.4. The number of hydrazine groups is 1. The van der Waals surface area contributed by atoms with E-state index in [1.165, 1.54) is 6.92 Å². The largest absolute Gasteiger partial charge is 0.313 e. The lowest BCUT2D eigenvalue weighted by Gasteiger charge is -2.31. The molecule has 16 heavy (non-hydrogen) atoms. The van der Waals surface area contributed by atoms with Crippen LogP contribution in [0.1, 0.15) is 6.92 Å². The Labute approximate surface area is 93.7 Å². The zero-order valence-corrected chi connectivity index (χ0v) is 9.12. The standard InChI is InChI=1S/C9H15N5O2/c1-7(15)12-13-9(16)6-14-3-2-11-5-8(14)4-10/h8,11H,2-3,5-6H2,1H3,(H,12,15)(H,13,16). The third kappa shape index (κ3) is 3.84. The van der Waals surface area contributed by atoms with Crippen molar-refractivity contribution in [2.45, 2.75) is 13.0 Å². The maximum absolute atomic E-state index is 11.4. The molecule has 1 heterocycles. The number of nitrogens with one attached hydrogen (secondary N) is 3. The molecule has 1 rings (SSSR count). The van der Waals surface area contributed by atoms with E-state index in [1.807, 2.05) is 0 Å². The highest BCUT2D eigenvalue weighted by Gasteiger charge is 2.23. The van der Waals surface area contributed by atoms with Crippen molar-refractivity contribution in [3.8, 4) is 6.07 Å². The van der Waals surface area contributed by atoms with Gasteiger partial charge in [0.05, 0.1) is 12.6 Å². The lowest BCUT2D eigenvalue weighted by Crippen LogP contribution is -2.54. The summed E-state index contributed by atoms with van der Waals surface area (Å²) in [6.45, 7) is 3.38. The van der Waals surface area contributed by atoms with Gasteiger partial charge in [-0.1, -0.05) is 0 Å². The summed E-state index contributed by atoms with van der Waals surface area (Å²) in [6.07, 6.45) is 0. The fraction of sp³-hybridized carbons (Fsp3) is 0.667. The molecule has 1 fully saturated rings. The van der Waals surface area contributed by atoms with Gasteiger partial charge in [0.25, 0.3) is 5.91 Å². The minimum atomic E-state index is -0.328. The maximum Gasteiger partial charge on any atom is 0.252 e. The summed E-state index contributed by atoms with van der Waals surface area (Å²) in [7, 11) is 0. The van der Waals surface area contributed by atoms with Crippen LogP contribution < -0.4 is 16.2 Å². The van der Waals surface area contributed by atoms with Crippen LogP contribution in [0, 0.1) is 11.3 Å². The van der Waals surface area contributed by atoms with Crippen LogP contribution in [0.15, 0.2) is 0 Å². The number of piperazine rings is 1. The van der Waals surface area contributed by atoms with E-state index in [0.29, 0.717) is 13.1 Å². The van der Waals surface area contributed by atoms with E-state index in [2.05, 4.69) is 22.2 Å². The second kappa shape index (κ2) is 6.05. The molecule has 0 saturated carbocycles. The third-order valence-corrected chi connectivity index (χ3v) is 2.23. The monoisotopic (exact) mass is 225 g/mol. The predicted molar refractivity (Wildman–Crippen MR) is 55.8 cm³/mol. The molecule has 1 unspecified atom stereocenters. The number of carbonyl (C=O) groups excluding carboxylic acids is 2. The first kappa shape index (κ1) is 12.4. The molecule has 88 valence electrons. The Morgan fingerprint density at radius 3 is 2.94 bits per heavy atom. The van der Waals surface area contributed by atoms with Crippen LogP contribution in [-0.2, 0) is 9.59 Å². The average molecular weight is 225 g/mol. The van der Waals surface area contributed by atoms with Gasteiger partial charge in [0, 0.05) is 26.6 Å². The number of nitrogens with zero attached hydrogens (tertiary/aromatic N) is 2. The molecule has 1 saturated heterocycles. The average Bonchev–Trinajstić information content (AvgIpc) is 2.27. The molecule has 0 aromatic heterocycles. The number of carbonyl (C=O) groups is 2. The van der Waals surface area contributed by atoms with Crippen LogP contribution in [-0.4, -0.2) is 48.9 Å². The Bertz CT molecular complexity index is 312. The van der Waals surface area contributed by atoms with Gasteiger partial charge >= 0.3 is 0 Å². The fourth-order valence-electron chi connectivity index (χ4n) is 1.44. The summed E-state index contributed by atoms with van der Waals surface area (Å²) in [5.41, 5.74) is 4.47. The van der Waals surface area contributed by atoms with E-state index in [0.717, 1.165) is 6.54 Å². The Morgan fingerprint density at radius 1 is 1.56 bits per heavy atom. The molecule has 0 aliphatic carbocycles. The van der Waals surface area contributed by atoms with Crippen LogP contribution in [0.5, 0.6) is 0 Å². The first-order chi connectivity index (χ1) is 7.63. The van der Waals surface area contributed by atoms with Gasteiger partial charge < -0.3 is 5.32 Å². The molecular formula is C9H15N5O2. The van der Waals surface area contributed by atoms with Crippen LogP contribution in [0.3, 0.4) is 0 Å². The van der Waals surface area contributed by atoms with Gasteiger partial charge in [-0.05, 0) is 0 Å². The van der Waals surface area contributed by atoms with Crippen molar-refractivity contribution in [1.29, 1.82) is 5.26 Å². The number of hydrogen-bond donors (Lipinski definition) is 3. The van der Waals surface area contributed by atoms with E-state index in [9.17, 15) is 9.59 Å². The minimum absolute atomic E-state index is 0.111. The smallest absolute Gasteiger partial charge is 0.252 e. The molecule has 0 aromatic rings. The molecule has 7 nitrogen and oxygen atoms in total. The quantitative estimate of drug-likeness (QED) is 0.470. The SMILES string of the molecule is CC(=O)NNC(=O)CN1CCNCC1C#N. The first-order valence-electron chi connectivity index (χ1n) is 5.03. The fourth-order valence-corrected chi connectivity index (χ4v) is 1.44.